The van der Waals surface area contributed by atoms with E-state index in [1.807, 2.05) is 19.1 Å². The van der Waals surface area contributed by atoms with Crippen LogP contribution in [0.1, 0.15) is 33.3 Å². The van der Waals surface area contributed by atoms with E-state index in [-0.39, 0.29) is 10.6 Å². The third-order valence-corrected chi connectivity index (χ3v) is 6.07. The number of halogens is 1. The van der Waals surface area contributed by atoms with Crippen LogP contribution in [0.25, 0.3) is 0 Å². The Hall–Kier alpha value is -1.90. The summed E-state index contributed by atoms with van der Waals surface area (Å²) in [6.45, 7) is 8.81. The molecule has 0 bridgehead atoms. The van der Waals surface area contributed by atoms with Gasteiger partial charge in [-0.3, -0.25) is 4.79 Å². The van der Waals surface area contributed by atoms with Gasteiger partial charge < -0.3 is 10.1 Å². The van der Waals surface area contributed by atoms with Crippen molar-refractivity contribution in [2.45, 2.75) is 51.2 Å². The van der Waals surface area contributed by atoms with Crippen LogP contribution in [-0.4, -0.2) is 26.0 Å². The number of amides is 1. The zero-order valence-corrected chi connectivity index (χ0v) is 18.9. The van der Waals surface area contributed by atoms with E-state index in [9.17, 15) is 13.2 Å². The molecular weight excluding hydrogens is 444 g/mol. The number of para-hydroxylation sites is 1. The zero-order valence-electron chi connectivity index (χ0n) is 16.5. The number of benzene rings is 2. The molecule has 0 aliphatic heterocycles. The zero-order chi connectivity index (χ0) is 21.1. The van der Waals surface area contributed by atoms with Crippen LogP contribution >= 0.6 is 15.9 Å². The second-order valence-electron chi connectivity index (χ2n) is 7.53. The molecule has 0 aliphatic rings. The van der Waals surface area contributed by atoms with E-state index in [1.165, 1.54) is 6.07 Å². The Labute approximate surface area is 174 Å². The maximum atomic E-state index is 12.7. The lowest BCUT2D eigenvalue weighted by molar-refractivity contribution is -0.122. The summed E-state index contributed by atoms with van der Waals surface area (Å²) >= 11 is 3.41. The van der Waals surface area contributed by atoms with Crippen LogP contribution < -0.4 is 14.8 Å². The molecule has 2 N–H and O–H groups in total. The maximum absolute atomic E-state index is 12.7. The summed E-state index contributed by atoms with van der Waals surface area (Å²) in [5, 5.41) is 2.65. The molecule has 0 saturated heterocycles. The predicted molar refractivity (Wildman–Crippen MR) is 114 cm³/mol. The summed E-state index contributed by atoms with van der Waals surface area (Å²) in [6.07, 6.45) is -0.828. The molecule has 152 valence electrons. The van der Waals surface area contributed by atoms with Gasteiger partial charge in [0.05, 0.1) is 10.2 Å². The minimum atomic E-state index is -3.80. The molecule has 0 fully saturated rings. The fraction of sp³-hybridized carbons (Fsp3) is 0.350. The first-order valence-electron chi connectivity index (χ1n) is 8.76. The summed E-state index contributed by atoms with van der Waals surface area (Å²) in [4.78, 5) is 12.6. The Morgan fingerprint density at radius 2 is 1.79 bits per heavy atom. The van der Waals surface area contributed by atoms with Crippen molar-refractivity contribution in [3.63, 3.8) is 0 Å². The second kappa shape index (κ2) is 8.63. The number of sulfonamides is 1. The van der Waals surface area contributed by atoms with E-state index in [4.69, 9.17) is 4.74 Å². The Balaban J connectivity index is 2.20. The normalized spacial score (nSPS) is 13.1. The molecule has 0 unspecified atom stereocenters. The lowest BCUT2D eigenvalue weighted by atomic mass is 10.1. The van der Waals surface area contributed by atoms with E-state index in [0.717, 1.165) is 10.0 Å². The van der Waals surface area contributed by atoms with Gasteiger partial charge in [0.25, 0.3) is 5.91 Å². The Morgan fingerprint density at radius 3 is 2.39 bits per heavy atom. The number of nitrogens with one attached hydrogen (secondary N) is 2. The van der Waals surface area contributed by atoms with Crippen LogP contribution in [0.5, 0.6) is 5.75 Å². The second-order valence-corrected chi connectivity index (χ2v) is 10.0. The first-order chi connectivity index (χ1) is 12.9. The van der Waals surface area contributed by atoms with E-state index in [2.05, 4.69) is 26.0 Å². The van der Waals surface area contributed by atoms with Gasteiger partial charge in [0.2, 0.25) is 10.0 Å². The smallest absolute Gasteiger partial charge is 0.265 e. The quantitative estimate of drug-likeness (QED) is 0.663. The SMILES string of the molecule is Cc1ccc(O[C@H](C)C(=O)Nc2ccccc2S(=O)(=O)NC(C)(C)C)c(Br)c1. The highest BCUT2D eigenvalue weighted by molar-refractivity contribution is 9.10. The number of aryl methyl sites for hydroxylation is 1. The molecule has 1 amide bonds. The number of rotatable bonds is 6. The molecule has 2 aromatic rings. The number of hydrogen-bond acceptors (Lipinski definition) is 4. The molecular formula is C20H25BrN2O4S. The predicted octanol–water partition coefficient (Wildman–Crippen LogP) is 4.24. The molecule has 6 nitrogen and oxygen atoms in total. The number of ether oxygens (including phenoxy) is 1. The van der Waals surface area contributed by atoms with Gasteiger partial charge in [-0.1, -0.05) is 18.2 Å². The molecule has 0 saturated carbocycles. The number of carbonyl (C=O) groups is 1. The van der Waals surface area contributed by atoms with Crippen molar-refractivity contribution < 1.29 is 17.9 Å². The van der Waals surface area contributed by atoms with Crippen LogP contribution in [0.3, 0.4) is 0 Å². The van der Waals surface area contributed by atoms with Crippen LogP contribution in [0, 0.1) is 6.92 Å². The largest absolute Gasteiger partial charge is 0.480 e. The van der Waals surface area contributed by atoms with Gasteiger partial charge in [-0.05, 0) is 80.4 Å². The molecule has 0 aliphatic carbocycles. The highest BCUT2D eigenvalue weighted by Gasteiger charge is 2.26. The fourth-order valence-corrected chi connectivity index (χ4v) is 4.61. The Morgan fingerprint density at radius 1 is 1.14 bits per heavy atom. The summed E-state index contributed by atoms with van der Waals surface area (Å²) in [6, 6.07) is 11.8. The van der Waals surface area contributed by atoms with Gasteiger partial charge in [0.1, 0.15) is 10.6 Å². The van der Waals surface area contributed by atoms with Crippen LogP contribution in [0.4, 0.5) is 5.69 Å². The molecule has 0 radical (unpaired) electrons. The van der Waals surface area contributed by atoms with Crippen molar-refractivity contribution in [2.75, 3.05) is 5.32 Å². The summed E-state index contributed by atoms with van der Waals surface area (Å²) in [7, 11) is -3.80. The first kappa shape index (κ1) is 22.4. The molecule has 2 rings (SSSR count). The van der Waals surface area contributed by atoms with E-state index >= 15 is 0 Å². The summed E-state index contributed by atoms with van der Waals surface area (Å²) < 4.78 is 34.4. The van der Waals surface area contributed by atoms with E-state index in [0.29, 0.717) is 5.75 Å². The van der Waals surface area contributed by atoms with Crippen molar-refractivity contribution in [3.8, 4) is 5.75 Å². The monoisotopic (exact) mass is 468 g/mol. The molecule has 0 spiro atoms. The molecule has 8 heteroatoms. The highest BCUT2D eigenvalue weighted by atomic mass is 79.9. The summed E-state index contributed by atoms with van der Waals surface area (Å²) in [5.74, 6) is 0.0782. The number of carbonyl (C=O) groups excluding carboxylic acids is 1. The molecule has 1 atom stereocenters. The molecule has 28 heavy (non-hydrogen) atoms. The van der Waals surface area contributed by atoms with E-state index in [1.54, 1.807) is 52.0 Å². The van der Waals surface area contributed by atoms with E-state index < -0.39 is 27.6 Å². The topological polar surface area (TPSA) is 84.5 Å². The standard InChI is InChI=1S/C20H25BrN2O4S/c1-13-10-11-17(15(21)12-13)27-14(2)19(24)22-16-8-6-7-9-18(16)28(25,26)23-20(3,4)5/h6-12,14,23H,1-5H3,(H,22,24)/t14-/m1/s1. The lowest BCUT2D eigenvalue weighted by Crippen LogP contribution is -2.41. The number of anilines is 1. The van der Waals surface area contributed by atoms with Crippen molar-refractivity contribution in [1.82, 2.24) is 4.72 Å². The molecule has 2 aromatic carbocycles. The minimum absolute atomic E-state index is 0.00184. The third-order valence-electron chi connectivity index (χ3n) is 3.64. The van der Waals surface area contributed by atoms with Gasteiger partial charge in [-0.2, -0.15) is 0 Å². The van der Waals surface area contributed by atoms with Gasteiger partial charge >= 0.3 is 0 Å². The van der Waals surface area contributed by atoms with Gasteiger partial charge in [-0.25, -0.2) is 13.1 Å². The lowest BCUT2D eigenvalue weighted by Gasteiger charge is -2.22. The summed E-state index contributed by atoms with van der Waals surface area (Å²) in [5.41, 5.74) is 0.605. The van der Waals surface area contributed by atoms with Crippen LogP contribution in [0.2, 0.25) is 0 Å². The van der Waals surface area contributed by atoms with Gasteiger partial charge in [0, 0.05) is 5.54 Å². The number of hydrogen-bond donors (Lipinski definition) is 2. The van der Waals surface area contributed by atoms with Crippen molar-refractivity contribution >= 4 is 37.5 Å². The molecule has 0 aromatic heterocycles. The van der Waals surface area contributed by atoms with Crippen molar-refractivity contribution in [3.05, 3.63) is 52.5 Å². The fourth-order valence-electron chi connectivity index (χ4n) is 2.44. The maximum Gasteiger partial charge on any atom is 0.265 e. The molecule has 0 heterocycles. The highest BCUT2D eigenvalue weighted by Crippen LogP contribution is 2.27. The Bertz CT molecular complexity index is 968. The minimum Gasteiger partial charge on any atom is -0.480 e. The van der Waals surface area contributed by atoms with Crippen LogP contribution in [-0.2, 0) is 14.8 Å². The third kappa shape index (κ3) is 6.05. The Kier molecular flexibility index (Phi) is 6.90. The van der Waals surface area contributed by atoms with Gasteiger partial charge in [-0.15, -0.1) is 0 Å². The first-order valence-corrected chi connectivity index (χ1v) is 11.0. The average Bonchev–Trinajstić information content (AvgIpc) is 2.55. The van der Waals surface area contributed by atoms with Crippen molar-refractivity contribution in [2.24, 2.45) is 0 Å². The average molecular weight is 469 g/mol. The van der Waals surface area contributed by atoms with Crippen LogP contribution in [0.15, 0.2) is 51.8 Å². The van der Waals surface area contributed by atoms with Crippen molar-refractivity contribution in [1.29, 1.82) is 0 Å². The van der Waals surface area contributed by atoms with Gasteiger partial charge in [0.15, 0.2) is 6.10 Å².